The first-order chi connectivity index (χ1) is 8.61. The molecule has 4 nitrogen and oxygen atoms in total. The number of esters is 1. The topological polar surface area (TPSA) is 52.6 Å². The van der Waals surface area contributed by atoms with Gasteiger partial charge in [0.1, 0.15) is 24.6 Å². The lowest BCUT2D eigenvalue weighted by atomic mass is 10.2. The summed E-state index contributed by atoms with van der Waals surface area (Å²) < 4.78 is 9.89. The second-order valence-electron chi connectivity index (χ2n) is 3.74. The van der Waals surface area contributed by atoms with Crippen molar-refractivity contribution in [2.75, 3.05) is 13.7 Å². The van der Waals surface area contributed by atoms with Crippen molar-refractivity contribution in [3.05, 3.63) is 35.9 Å². The van der Waals surface area contributed by atoms with Crippen LogP contribution >= 0.6 is 0 Å². The summed E-state index contributed by atoms with van der Waals surface area (Å²) >= 11 is 0. The maximum atomic E-state index is 11.1. The van der Waals surface area contributed by atoms with E-state index in [1.54, 1.807) is 13.2 Å². The Kier molecular flexibility index (Phi) is 5.64. The minimum Gasteiger partial charge on any atom is -0.497 e. The molecular formula is C14H16O4. The summed E-state index contributed by atoms with van der Waals surface area (Å²) in [6.07, 6.45) is 3.39. The summed E-state index contributed by atoms with van der Waals surface area (Å²) in [6, 6.07) is 7.49. The number of ketones is 1. The molecule has 0 saturated heterocycles. The zero-order chi connectivity index (χ0) is 13.4. The third-order valence-electron chi connectivity index (χ3n) is 2.16. The number of ether oxygens (including phenoxy) is 2. The van der Waals surface area contributed by atoms with Crippen molar-refractivity contribution >= 4 is 17.8 Å². The fourth-order valence-corrected chi connectivity index (χ4v) is 1.29. The first kappa shape index (κ1) is 14.0. The van der Waals surface area contributed by atoms with E-state index < -0.39 is 5.97 Å². The Hall–Kier alpha value is -2.10. The highest BCUT2D eigenvalue weighted by atomic mass is 16.5. The lowest BCUT2D eigenvalue weighted by Gasteiger charge is -2.00. The summed E-state index contributed by atoms with van der Waals surface area (Å²) in [5.74, 6) is 0.0982. The maximum absolute atomic E-state index is 11.1. The Balaban J connectivity index is 2.35. The van der Waals surface area contributed by atoms with Crippen molar-refractivity contribution in [1.29, 1.82) is 0 Å². The van der Waals surface area contributed by atoms with Crippen LogP contribution in [0.1, 0.15) is 18.9 Å². The van der Waals surface area contributed by atoms with Gasteiger partial charge in [0, 0.05) is 0 Å². The van der Waals surface area contributed by atoms with Crippen LogP contribution in [-0.4, -0.2) is 25.5 Å². The molecule has 0 fully saturated rings. The lowest BCUT2D eigenvalue weighted by molar-refractivity contribution is -0.144. The molecule has 0 aliphatic heterocycles. The molecule has 0 N–H and O–H groups in total. The van der Waals surface area contributed by atoms with Gasteiger partial charge in [-0.25, -0.2) is 0 Å². The summed E-state index contributed by atoms with van der Waals surface area (Å²) in [6.45, 7) is 1.52. The lowest BCUT2D eigenvalue weighted by Crippen LogP contribution is -2.08. The molecule has 0 saturated carbocycles. The standard InChI is InChI=1S/C14H16O4/c1-11(15)10-14(16)18-9-3-4-12-5-7-13(17-2)8-6-12/h3-8H,9-10H2,1-2H3. The van der Waals surface area contributed by atoms with Crippen LogP contribution in [-0.2, 0) is 14.3 Å². The van der Waals surface area contributed by atoms with E-state index in [1.165, 1.54) is 6.92 Å². The van der Waals surface area contributed by atoms with E-state index in [4.69, 9.17) is 9.47 Å². The van der Waals surface area contributed by atoms with E-state index in [0.29, 0.717) is 0 Å². The van der Waals surface area contributed by atoms with Crippen molar-refractivity contribution in [2.24, 2.45) is 0 Å². The van der Waals surface area contributed by atoms with Gasteiger partial charge in [-0.15, -0.1) is 0 Å². The number of hydrogen-bond acceptors (Lipinski definition) is 4. The Morgan fingerprint density at radius 1 is 1.22 bits per heavy atom. The molecule has 0 atom stereocenters. The molecular weight excluding hydrogens is 232 g/mol. The molecule has 0 radical (unpaired) electrons. The number of Topliss-reactive ketones (excluding diaryl/α,β-unsaturated/α-hetero) is 1. The number of methoxy groups -OCH3 is 1. The molecule has 0 heterocycles. The quantitative estimate of drug-likeness (QED) is 0.572. The minimum absolute atomic E-state index is 0.165. The Labute approximate surface area is 106 Å². The van der Waals surface area contributed by atoms with Crippen molar-refractivity contribution in [3.63, 3.8) is 0 Å². The van der Waals surface area contributed by atoms with E-state index >= 15 is 0 Å². The number of rotatable bonds is 6. The maximum Gasteiger partial charge on any atom is 0.313 e. The van der Waals surface area contributed by atoms with Crippen molar-refractivity contribution in [1.82, 2.24) is 0 Å². The third kappa shape index (κ3) is 5.30. The first-order valence-corrected chi connectivity index (χ1v) is 5.57. The smallest absolute Gasteiger partial charge is 0.313 e. The Morgan fingerprint density at radius 3 is 2.44 bits per heavy atom. The van der Waals surface area contributed by atoms with Crippen LogP contribution < -0.4 is 4.74 Å². The van der Waals surface area contributed by atoms with Gasteiger partial charge < -0.3 is 9.47 Å². The average Bonchev–Trinajstić information content (AvgIpc) is 2.34. The monoisotopic (exact) mass is 248 g/mol. The number of hydrogen-bond donors (Lipinski definition) is 0. The Bertz CT molecular complexity index is 432. The largest absolute Gasteiger partial charge is 0.497 e. The van der Waals surface area contributed by atoms with Crippen LogP contribution in [0.4, 0.5) is 0 Å². The molecule has 18 heavy (non-hydrogen) atoms. The highest BCUT2D eigenvalue weighted by molar-refractivity contribution is 5.94. The van der Waals surface area contributed by atoms with Gasteiger partial charge in [0.2, 0.25) is 0 Å². The molecule has 1 aromatic rings. The highest BCUT2D eigenvalue weighted by Crippen LogP contribution is 2.12. The predicted octanol–water partition coefficient (Wildman–Crippen LogP) is 2.23. The molecule has 0 bridgehead atoms. The fourth-order valence-electron chi connectivity index (χ4n) is 1.29. The van der Waals surface area contributed by atoms with E-state index in [2.05, 4.69) is 0 Å². The Morgan fingerprint density at radius 2 is 1.89 bits per heavy atom. The van der Waals surface area contributed by atoms with Gasteiger partial charge in [-0.05, 0) is 30.7 Å². The van der Waals surface area contributed by atoms with Crippen LogP contribution in [0.15, 0.2) is 30.3 Å². The van der Waals surface area contributed by atoms with E-state index in [9.17, 15) is 9.59 Å². The van der Waals surface area contributed by atoms with Gasteiger partial charge in [-0.3, -0.25) is 9.59 Å². The SMILES string of the molecule is COc1ccc(C=CCOC(=O)CC(C)=O)cc1. The van der Waals surface area contributed by atoms with E-state index in [-0.39, 0.29) is 18.8 Å². The molecule has 96 valence electrons. The summed E-state index contributed by atoms with van der Waals surface area (Å²) in [5, 5.41) is 0. The van der Waals surface area contributed by atoms with Gasteiger partial charge in [-0.2, -0.15) is 0 Å². The van der Waals surface area contributed by atoms with Crippen LogP contribution in [0, 0.1) is 0 Å². The normalized spacial score (nSPS) is 10.3. The first-order valence-electron chi connectivity index (χ1n) is 5.57. The highest BCUT2D eigenvalue weighted by Gasteiger charge is 2.04. The molecule has 1 rings (SSSR count). The zero-order valence-corrected chi connectivity index (χ0v) is 10.5. The van der Waals surface area contributed by atoms with Crippen LogP contribution in [0.2, 0.25) is 0 Å². The van der Waals surface area contributed by atoms with E-state index in [0.717, 1.165) is 11.3 Å². The minimum atomic E-state index is -0.498. The van der Waals surface area contributed by atoms with Crippen molar-refractivity contribution < 1.29 is 19.1 Å². The van der Waals surface area contributed by atoms with Crippen LogP contribution in [0.5, 0.6) is 5.75 Å². The summed E-state index contributed by atoms with van der Waals surface area (Å²) in [5.41, 5.74) is 0.985. The van der Waals surface area contributed by atoms with Gasteiger partial charge in [0.25, 0.3) is 0 Å². The molecule has 0 unspecified atom stereocenters. The molecule has 0 amide bonds. The van der Waals surface area contributed by atoms with Gasteiger partial charge >= 0.3 is 5.97 Å². The number of carbonyl (C=O) groups excluding carboxylic acids is 2. The fraction of sp³-hybridized carbons (Fsp3) is 0.286. The van der Waals surface area contributed by atoms with Crippen LogP contribution in [0.25, 0.3) is 6.08 Å². The van der Waals surface area contributed by atoms with Gasteiger partial charge in [0.05, 0.1) is 7.11 Å². The molecule has 0 aliphatic rings. The van der Waals surface area contributed by atoms with Crippen molar-refractivity contribution in [2.45, 2.75) is 13.3 Å². The second-order valence-corrected chi connectivity index (χ2v) is 3.74. The summed E-state index contributed by atoms with van der Waals surface area (Å²) in [4.78, 5) is 21.7. The average molecular weight is 248 g/mol. The van der Waals surface area contributed by atoms with Crippen molar-refractivity contribution in [3.8, 4) is 5.75 Å². The molecule has 4 heteroatoms. The number of carbonyl (C=O) groups is 2. The zero-order valence-electron chi connectivity index (χ0n) is 10.5. The molecule has 0 spiro atoms. The molecule has 0 aliphatic carbocycles. The van der Waals surface area contributed by atoms with E-state index in [1.807, 2.05) is 30.3 Å². The van der Waals surface area contributed by atoms with Gasteiger partial charge in [-0.1, -0.05) is 18.2 Å². The second kappa shape index (κ2) is 7.27. The molecule has 0 aromatic heterocycles. The van der Waals surface area contributed by atoms with Crippen LogP contribution in [0.3, 0.4) is 0 Å². The van der Waals surface area contributed by atoms with Gasteiger partial charge in [0.15, 0.2) is 0 Å². The molecule has 1 aromatic carbocycles. The third-order valence-corrected chi connectivity index (χ3v) is 2.16. The number of benzene rings is 1. The predicted molar refractivity (Wildman–Crippen MR) is 68.3 cm³/mol. The summed E-state index contributed by atoms with van der Waals surface area (Å²) in [7, 11) is 1.61.